The van der Waals surface area contributed by atoms with Gasteiger partial charge in [-0.1, -0.05) is 24.3 Å². The van der Waals surface area contributed by atoms with E-state index in [4.69, 9.17) is 9.47 Å². The molecule has 0 unspecified atom stereocenters. The molecule has 3 aromatic rings. The van der Waals surface area contributed by atoms with Crippen LogP contribution in [0.5, 0.6) is 11.5 Å². The fourth-order valence-electron chi connectivity index (χ4n) is 3.02. The van der Waals surface area contributed by atoms with Crippen LogP contribution in [0, 0.1) is 0 Å². The predicted octanol–water partition coefficient (Wildman–Crippen LogP) is 1.44. The van der Waals surface area contributed by atoms with E-state index in [1.165, 1.54) is 18.9 Å². The van der Waals surface area contributed by atoms with Crippen LogP contribution in [0.2, 0.25) is 0 Å². The van der Waals surface area contributed by atoms with Crippen molar-refractivity contribution in [3.05, 3.63) is 64.1 Å². The molecular weight excluding hydrogens is 388 g/mol. The lowest BCUT2D eigenvalue weighted by atomic mass is 10.1. The SMILES string of the molecule is CCn1nc(C(=O)NNC(=O)Cc2ccc(OC)cc2OC)c2ccccc2c1=O. The number of carbonyl (C=O) groups excluding carboxylic acids is 2. The highest BCUT2D eigenvalue weighted by atomic mass is 16.5. The molecule has 0 fully saturated rings. The summed E-state index contributed by atoms with van der Waals surface area (Å²) in [4.78, 5) is 37.4. The Balaban J connectivity index is 1.76. The van der Waals surface area contributed by atoms with Gasteiger partial charge in [-0.25, -0.2) is 4.68 Å². The van der Waals surface area contributed by atoms with Gasteiger partial charge < -0.3 is 9.47 Å². The van der Waals surface area contributed by atoms with Crippen molar-refractivity contribution in [3.63, 3.8) is 0 Å². The summed E-state index contributed by atoms with van der Waals surface area (Å²) in [5.74, 6) is 0.0372. The van der Waals surface area contributed by atoms with Gasteiger partial charge in [-0.3, -0.25) is 25.2 Å². The summed E-state index contributed by atoms with van der Waals surface area (Å²) in [7, 11) is 3.04. The Bertz CT molecular complexity index is 1160. The van der Waals surface area contributed by atoms with Crippen LogP contribution < -0.4 is 25.9 Å². The van der Waals surface area contributed by atoms with Crippen LogP contribution >= 0.6 is 0 Å². The van der Waals surface area contributed by atoms with Gasteiger partial charge in [0.15, 0.2) is 5.69 Å². The van der Waals surface area contributed by atoms with E-state index >= 15 is 0 Å². The van der Waals surface area contributed by atoms with E-state index in [-0.39, 0.29) is 17.7 Å². The Morgan fingerprint density at radius 1 is 1.03 bits per heavy atom. The number of aryl methyl sites for hydroxylation is 1. The molecule has 2 aromatic carbocycles. The molecule has 1 heterocycles. The molecule has 9 heteroatoms. The number of ether oxygens (including phenoxy) is 2. The normalized spacial score (nSPS) is 10.5. The van der Waals surface area contributed by atoms with Crippen molar-refractivity contribution in [2.75, 3.05) is 14.2 Å². The maximum Gasteiger partial charge on any atom is 0.290 e. The zero-order valence-electron chi connectivity index (χ0n) is 16.9. The average Bonchev–Trinajstić information content (AvgIpc) is 2.78. The smallest absolute Gasteiger partial charge is 0.290 e. The number of carbonyl (C=O) groups is 2. The van der Waals surface area contributed by atoms with Gasteiger partial charge >= 0.3 is 0 Å². The number of nitrogens with one attached hydrogen (secondary N) is 2. The number of hydrogen-bond acceptors (Lipinski definition) is 6. The number of amides is 2. The van der Waals surface area contributed by atoms with Crippen LogP contribution in [0.25, 0.3) is 10.8 Å². The number of fused-ring (bicyclic) bond motifs is 1. The lowest BCUT2D eigenvalue weighted by Crippen LogP contribution is -2.43. The van der Waals surface area contributed by atoms with E-state index in [0.29, 0.717) is 34.4 Å². The van der Waals surface area contributed by atoms with E-state index in [9.17, 15) is 14.4 Å². The summed E-state index contributed by atoms with van der Waals surface area (Å²) in [5.41, 5.74) is 5.14. The molecule has 0 bridgehead atoms. The highest BCUT2D eigenvalue weighted by Gasteiger charge is 2.17. The van der Waals surface area contributed by atoms with Gasteiger partial charge in [0.2, 0.25) is 5.91 Å². The lowest BCUT2D eigenvalue weighted by molar-refractivity contribution is -0.121. The van der Waals surface area contributed by atoms with Crippen LogP contribution in [0.4, 0.5) is 0 Å². The summed E-state index contributed by atoms with van der Waals surface area (Å²) >= 11 is 0. The molecule has 9 nitrogen and oxygen atoms in total. The van der Waals surface area contributed by atoms with E-state index in [1.54, 1.807) is 49.4 Å². The summed E-state index contributed by atoms with van der Waals surface area (Å²) in [5, 5.41) is 4.93. The third kappa shape index (κ3) is 4.24. The zero-order valence-corrected chi connectivity index (χ0v) is 16.9. The Morgan fingerprint density at radius 3 is 2.43 bits per heavy atom. The topological polar surface area (TPSA) is 112 Å². The summed E-state index contributed by atoms with van der Waals surface area (Å²) < 4.78 is 11.6. The Morgan fingerprint density at radius 2 is 1.77 bits per heavy atom. The zero-order chi connectivity index (χ0) is 21.7. The van der Waals surface area contributed by atoms with Crippen molar-refractivity contribution in [3.8, 4) is 11.5 Å². The largest absolute Gasteiger partial charge is 0.497 e. The molecular formula is C21H22N4O5. The van der Waals surface area contributed by atoms with E-state index in [1.807, 2.05) is 0 Å². The molecule has 0 aliphatic carbocycles. The van der Waals surface area contributed by atoms with Crippen molar-refractivity contribution < 1.29 is 19.1 Å². The van der Waals surface area contributed by atoms with Gasteiger partial charge in [-0.15, -0.1) is 0 Å². The van der Waals surface area contributed by atoms with Crippen molar-refractivity contribution in [2.24, 2.45) is 0 Å². The second kappa shape index (κ2) is 9.08. The van der Waals surface area contributed by atoms with E-state index in [2.05, 4.69) is 16.0 Å². The molecule has 30 heavy (non-hydrogen) atoms. The monoisotopic (exact) mass is 410 g/mol. The Hall–Kier alpha value is -3.88. The molecule has 0 spiro atoms. The molecule has 0 saturated heterocycles. The van der Waals surface area contributed by atoms with Crippen molar-refractivity contribution in [2.45, 2.75) is 19.9 Å². The first kappa shape index (κ1) is 20.8. The van der Waals surface area contributed by atoms with Gasteiger partial charge in [0.05, 0.1) is 26.0 Å². The van der Waals surface area contributed by atoms with Crippen LogP contribution in [-0.2, 0) is 17.8 Å². The van der Waals surface area contributed by atoms with Crippen LogP contribution in [0.3, 0.4) is 0 Å². The summed E-state index contributed by atoms with van der Waals surface area (Å²) in [6.45, 7) is 2.07. The molecule has 1 aromatic heterocycles. The molecule has 156 valence electrons. The van der Waals surface area contributed by atoms with E-state index < -0.39 is 11.8 Å². The van der Waals surface area contributed by atoms with E-state index in [0.717, 1.165) is 0 Å². The van der Waals surface area contributed by atoms with Crippen LogP contribution in [-0.4, -0.2) is 35.8 Å². The summed E-state index contributed by atoms with van der Waals surface area (Å²) in [6, 6.07) is 11.8. The number of aromatic nitrogens is 2. The lowest BCUT2D eigenvalue weighted by Gasteiger charge is -2.12. The van der Waals surface area contributed by atoms with Gasteiger partial charge in [0.25, 0.3) is 11.5 Å². The number of hydrogen-bond donors (Lipinski definition) is 2. The number of methoxy groups -OCH3 is 2. The molecule has 0 atom stereocenters. The molecule has 0 radical (unpaired) electrons. The number of benzene rings is 2. The second-order valence-electron chi connectivity index (χ2n) is 6.37. The van der Waals surface area contributed by atoms with Gasteiger partial charge in [-0.05, 0) is 19.1 Å². The van der Waals surface area contributed by atoms with Crippen molar-refractivity contribution in [1.29, 1.82) is 0 Å². The van der Waals surface area contributed by atoms with Gasteiger partial charge in [0, 0.05) is 23.6 Å². The standard InChI is InChI=1S/C21H22N4O5/c1-4-25-21(28)16-8-6-5-7-15(16)19(24-25)20(27)23-22-18(26)11-13-9-10-14(29-2)12-17(13)30-3/h5-10,12H,4,11H2,1-3H3,(H,22,26)(H,23,27). The first-order valence-electron chi connectivity index (χ1n) is 9.28. The number of rotatable bonds is 6. The average molecular weight is 410 g/mol. The van der Waals surface area contributed by atoms with Crippen LogP contribution in [0.15, 0.2) is 47.3 Å². The number of nitrogens with zero attached hydrogens (tertiary/aromatic N) is 2. The summed E-state index contributed by atoms with van der Waals surface area (Å²) in [6.07, 6.45) is -0.0178. The molecule has 0 saturated carbocycles. The molecule has 2 amide bonds. The van der Waals surface area contributed by atoms with Gasteiger partial charge in [0.1, 0.15) is 11.5 Å². The van der Waals surface area contributed by atoms with Crippen LogP contribution in [0.1, 0.15) is 23.0 Å². The number of hydrazine groups is 1. The first-order valence-corrected chi connectivity index (χ1v) is 9.28. The molecule has 0 aliphatic heterocycles. The quantitative estimate of drug-likeness (QED) is 0.595. The maximum absolute atomic E-state index is 12.7. The highest BCUT2D eigenvalue weighted by Crippen LogP contribution is 2.24. The minimum Gasteiger partial charge on any atom is -0.497 e. The Labute approximate surface area is 172 Å². The molecule has 3 rings (SSSR count). The van der Waals surface area contributed by atoms with Crippen molar-refractivity contribution in [1.82, 2.24) is 20.6 Å². The predicted molar refractivity (Wildman–Crippen MR) is 111 cm³/mol. The fraction of sp³-hybridized carbons (Fsp3) is 0.238. The molecule has 2 N–H and O–H groups in total. The van der Waals surface area contributed by atoms with Crippen molar-refractivity contribution >= 4 is 22.6 Å². The molecule has 0 aliphatic rings. The third-order valence-electron chi connectivity index (χ3n) is 4.54. The first-order chi connectivity index (χ1) is 14.5. The van der Waals surface area contributed by atoms with Gasteiger partial charge in [-0.2, -0.15) is 5.10 Å². The Kier molecular flexibility index (Phi) is 6.31. The second-order valence-corrected chi connectivity index (χ2v) is 6.37. The minimum absolute atomic E-state index is 0.0178. The fourth-order valence-corrected chi connectivity index (χ4v) is 3.02. The minimum atomic E-state index is -0.622. The third-order valence-corrected chi connectivity index (χ3v) is 4.54. The highest BCUT2D eigenvalue weighted by molar-refractivity contribution is 6.05. The maximum atomic E-state index is 12.7.